The molecule has 4 aromatic rings. The molecule has 0 spiro atoms. The summed E-state index contributed by atoms with van der Waals surface area (Å²) in [6, 6.07) is 15.4. The van der Waals surface area contributed by atoms with Crippen molar-refractivity contribution in [2.24, 2.45) is 5.92 Å². The number of ether oxygens (including phenoxy) is 1. The van der Waals surface area contributed by atoms with Gasteiger partial charge in [0.05, 0.1) is 12.6 Å². The van der Waals surface area contributed by atoms with Crippen molar-refractivity contribution in [3.63, 3.8) is 0 Å². The fourth-order valence-corrected chi connectivity index (χ4v) is 4.09. The lowest BCUT2D eigenvalue weighted by atomic mass is 10.2. The molecular weight excluding hydrogens is 428 g/mol. The molecule has 1 saturated carbocycles. The Morgan fingerprint density at radius 1 is 1.03 bits per heavy atom. The van der Waals surface area contributed by atoms with Crippen LogP contribution in [0.15, 0.2) is 48.5 Å². The van der Waals surface area contributed by atoms with Gasteiger partial charge in [0.2, 0.25) is 5.91 Å². The number of hydrogen-bond donors (Lipinski definition) is 3. The van der Waals surface area contributed by atoms with Crippen LogP contribution in [0.5, 0.6) is 5.75 Å². The van der Waals surface area contributed by atoms with Crippen LogP contribution < -0.4 is 15.4 Å². The maximum absolute atomic E-state index is 11.4. The Morgan fingerprint density at radius 2 is 1.82 bits per heavy atom. The van der Waals surface area contributed by atoms with Crippen LogP contribution in [0.2, 0.25) is 0 Å². The lowest BCUT2D eigenvalue weighted by Gasteiger charge is -2.09. The number of methoxy groups -OCH3 is 1. The maximum atomic E-state index is 11.4. The largest absolute Gasteiger partial charge is 0.497 e. The molecule has 1 amide bonds. The van der Waals surface area contributed by atoms with Crippen molar-refractivity contribution in [1.29, 1.82) is 0 Å². The maximum Gasteiger partial charge on any atom is 0.227 e. The summed E-state index contributed by atoms with van der Waals surface area (Å²) in [6.45, 7) is 1.94. The summed E-state index contributed by atoms with van der Waals surface area (Å²) in [7, 11) is 1.62. The lowest BCUT2D eigenvalue weighted by molar-refractivity contribution is -0.117. The second-order valence-corrected chi connectivity index (χ2v) is 8.63. The van der Waals surface area contributed by atoms with Crippen LogP contribution in [0.25, 0.3) is 10.9 Å². The predicted molar refractivity (Wildman–Crippen MR) is 133 cm³/mol. The summed E-state index contributed by atoms with van der Waals surface area (Å²) in [5.74, 6) is 3.73. The summed E-state index contributed by atoms with van der Waals surface area (Å²) >= 11 is 0. The molecule has 174 valence electrons. The van der Waals surface area contributed by atoms with Gasteiger partial charge in [0, 0.05) is 28.2 Å². The minimum atomic E-state index is 0.134. The van der Waals surface area contributed by atoms with Gasteiger partial charge in [-0.2, -0.15) is 5.10 Å². The zero-order valence-corrected chi connectivity index (χ0v) is 19.4. The molecule has 2 aromatic carbocycles. The summed E-state index contributed by atoms with van der Waals surface area (Å²) < 4.78 is 5.02. The molecule has 0 atom stereocenters. The van der Waals surface area contributed by atoms with Crippen molar-refractivity contribution >= 4 is 34.1 Å². The monoisotopic (exact) mass is 456 g/mol. The lowest BCUT2D eigenvalue weighted by Crippen LogP contribution is -2.12. The van der Waals surface area contributed by atoms with Crippen molar-refractivity contribution in [3.05, 3.63) is 65.6 Å². The average molecular weight is 457 g/mol. The van der Waals surface area contributed by atoms with E-state index in [1.165, 1.54) is 11.3 Å². The van der Waals surface area contributed by atoms with Gasteiger partial charge < -0.3 is 15.4 Å². The summed E-state index contributed by atoms with van der Waals surface area (Å²) in [4.78, 5) is 20.5. The Kier molecular flexibility index (Phi) is 6.12. The van der Waals surface area contributed by atoms with Gasteiger partial charge in [-0.05, 0) is 75.4 Å². The summed E-state index contributed by atoms with van der Waals surface area (Å²) in [5.41, 5.74) is 4.28. The molecule has 0 saturated heterocycles. The van der Waals surface area contributed by atoms with E-state index in [0.717, 1.165) is 71.9 Å². The molecule has 8 nitrogen and oxygen atoms in total. The van der Waals surface area contributed by atoms with Gasteiger partial charge in [0.25, 0.3) is 0 Å². The quantitative estimate of drug-likeness (QED) is 0.393. The van der Waals surface area contributed by atoms with E-state index in [1.54, 1.807) is 7.11 Å². The van der Waals surface area contributed by atoms with Crippen LogP contribution in [-0.4, -0.2) is 33.2 Å². The van der Waals surface area contributed by atoms with Crippen LogP contribution in [0.1, 0.15) is 36.3 Å². The smallest absolute Gasteiger partial charge is 0.227 e. The number of nitrogens with one attached hydrogen (secondary N) is 3. The molecule has 2 aromatic heterocycles. The summed E-state index contributed by atoms with van der Waals surface area (Å²) in [6.07, 6.45) is 5.31. The number of carbonyl (C=O) groups is 1. The van der Waals surface area contributed by atoms with E-state index in [9.17, 15) is 4.79 Å². The van der Waals surface area contributed by atoms with Crippen molar-refractivity contribution in [2.75, 3.05) is 17.7 Å². The summed E-state index contributed by atoms with van der Waals surface area (Å²) in [5, 5.41) is 14.7. The number of rotatable bonds is 5. The highest BCUT2D eigenvalue weighted by Gasteiger charge is 2.29. The van der Waals surface area contributed by atoms with E-state index in [1.807, 2.05) is 49.4 Å². The predicted octanol–water partition coefficient (Wildman–Crippen LogP) is 4.94. The fourth-order valence-electron chi connectivity index (χ4n) is 4.09. The molecule has 1 fully saturated rings. The molecule has 34 heavy (non-hydrogen) atoms. The first kappa shape index (κ1) is 21.9. The van der Waals surface area contributed by atoms with Crippen LogP contribution in [0, 0.1) is 12.8 Å². The molecule has 0 aliphatic heterocycles. The van der Waals surface area contributed by atoms with Gasteiger partial charge in [-0.25, -0.2) is 9.97 Å². The number of aromatic amines is 1. The number of H-pyrrole nitrogens is 1. The third kappa shape index (κ3) is 4.85. The first-order valence-electron chi connectivity index (χ1n) is 11.6. The van der Waals surface area contributed by atoms with Gasteiger partial charge in [0.15, 0.2) is 5.82 Å². The first-order valence-corrected chi connectivity index (χ1v) is 11.6. The molecule has 6 rings (SSSR count). The van der Waals surface area contributed by atoms with E-state index >= 15 is 0 Å². The first-order chi connectivity index (χ1) is 16.6. The Labute approximate surface area is 198 Å². The van der Waals surface area contributed by atoms with Gasteiger partial charge >= 0.3 is 0 Å². The number of hydrogen-bond acceptors (Lipinski definition) is 6. The number of carbonyl (C=O) groups excluding carboxylic acids is 1. The highest BCUT2D eigenvalue weighted by molar-refractivity contribution is 5.94. The van der Waals surface area contributed by atoms with E-state index in [0.29, 0.717) is 0 Å². The minimum Gasteiger partial charge on any atom is -0.497 e. The minimum absolute atomic E-state index is 0.134. The van der Waals surface area contributed by atoms with Crippen LogP contribution in [-0.2, 0) is 17.6 Å². The van der Waals surface area contributed by atoms with Gasteiger partial charge in [-0.1, -0.05) is 12.1 Å². The third-order valence-electron chi connectivity index (χ3n) is 6.06. The number of aryl methyl sites for hydroxylation is 2. The molecular formula is C26H28N6O2. The zero-order valence-electron chi connectivity index (χ0n) is 19.4. The number of para-hydroxylation sites is 1. The van der Waals surface area contributed by atoms with Crippen LogP contribution in [0.4, 0.5) is 17.3 Å². The fraction of sp³-hybridized carbons (Fsp3) is 0.308. The number of nitrogens with zero attached hydrogens (tertiary/aromatic N) is 3. The molecule has 0 unspecified atom stereocenters. The third-order valence-corrected chi connectivity index (χ3v) is 6.06. The molecule has 8 heteroatoms. The molecule has 0 bridgehead atoms. The van der Waals surface area contributed by atoms with E-state index in [2.05, 4.69) is 36.9 Å². The topological polar surface area (TPSA) is 105 Å². The number of anilines is 3. The Balaban J connectivity index is 0.000000152. The van der Waals surface area contributed by atoms with Gasteiger partial charge in [-0.15, -0.1) is 0 Å². The number of fused-ring (bicyclic) bond motifs is 2. The normalized spacial score (nSPS) is 14.2. The van der Waals surface area contributed by atoms with Gasteiger partial charge in [-0.3, -0.25) is 9.89 Å². The van der Waals surface area contributed by atoms with Crippen LogP contribution in [0.3, 0.4) is 0 Å². The molecule has 2 aliphatic rings. The van der Waals surface area contributed by atoms with Crippen molar-refractivity contribution in [3.8, 4) is 5.75 Å². The Morgan fingerprint density at radius 3 is 2.59 bits per heavy atom. The molecule has 2 heterocycles. The van der Waals surface area contributed by atoms with Gasteiger partial charge in [0.1, 0.15) is 17.4 Å². The SMILES string of the molecule is COc1ccc(NC(=O)C2CC2)cc1.Cc1nc2c(c(Nc3n[nH]c4ccccc34)n1)CCC2. The standard InChI is InChI=1S/C15H15N5.C11H13NO2/c1-9-16-12-8-4-6-10(12)14(17-9)18-15-11-5-2-3-7-13(11)19-20-15;1-14-10-6-4-9(5-7-10)12-11(13)8-2-3-8/h2-3,5,7H,4,6,8H2,1H3,(H2,16,17,18,19,20);4-8H,2-3H2,1H3,(H,12,13). The zero-order chi connectivity index (χ0) is 23.5. The highest BCUT2D eigenvalue weighted by Crippen LogP contribution is 2.31. The number of amides is 1. The van der Waals surface area contributed by atoms with Crippen LogP contribution >= 0.6 is 0 Å². The molecule has 2 aliphatic carbocycles. The number of benzene rings is 2. The highest BCUT2D eigenvalue weighted by atomic mass is 16.5. The number of aromatic nitrogens is 4. The Hall–Kier alpha value is -3.94. The second kappa shape index (κ2) is 9.51. The molecule has 0 radical (unpaired) electrons. The molecule has 3 N–H and O–H groups in total. The van der Waals surface area contributed by atoms with E-state index < -0.39 is 0 Å². The van der Waals surface area contributed by atoms with Crippen molar-refractivity contribution in [1.82, 2.24) is 20.2 Å². The second-order valence-electron chi connectivity index (χ2n) is 8.63. The Bertz CT molecular complexity index is 1310. The van der Waals surface area contributed by atoms with Crippen molar-refractivity contribution < 1.29 is 9.53 Å². The van der Waals surface area contributed by atoms with E-state index in [4.69, 9.17) is 4.74 Å². The van der Waals surface area contributed by atoms with Crippen molar-refractivity contribution in [2.45, 2.75) is 39.0 Å². The van der Waals surface area contributed by atoms with E-state index in [-0.39, 0.29) is 11.8 Å². The average Bonchev–Trinajstić information content (AvgIpc) is 3.48.